The fourth-order valence-electron chi connectivity index (χ4n) is 3.40. The summed E-state index contributed by atoms with van der Waals surface area (Å²) in [5, 5.41) is 0. The third-order valence-corrected chi connectivity index (χ3v) is 5.31. The maximum absolute atomic E-state index is 13.0. The van der Waals surface area contributed by atoms with Crippen molar-refractivity contribution in [3.8, 4) is 11.5 Å². The van der Waals surface area contributed by atoms with E-state index in [-0.39, 0.29) is 31.6 Å². The zero-order valence-corrected chi connectivity index (χ0v) is 16.6. The summed E-state index contributed by atoms with van der Waals surface area (Å²) in [4.78, 5) is 40.4. The van der Waals surface area contributed by atoms with Crippen LogP contribution in [0.1, 0.15) is 18.9 Å². The lowest BCUT2D eigenvalue weighted by molar-refractivity contribution is -0.137. The van der Waals surface area contributed by atoms with Gasteiger partial charge in [0.1, 0.15) is 6.04 Å². The fourth-order valence-corrected chi connectivity index (χ4v) is 3.66. The summed E-state index contributed by atoms with van der Waals surface area (Å²) < 4.78 is 11.5. The normalized spacial score (nSPS) is 17.9. The predicted octanol–water partition coefficient (Wildman–Crippen LogP) is 2.86. The summed E-state index contributed by atoms with van der Waals surface area (Å²) in [5.74, 6) is 0.247. The van der Waals surface area contributed by atoms with E-state index in [2.05, 4.69) is 15.9 Å². The van der Waals surface area contributed by atoms with Crippen LogP contribution in [0.15, 0.2) is 46.9 Å². The second kappa shape index (κ2) is 7.27. The van der Waals surface area contributed by atoms with Crippen LogP contribution >= 0.6 is 15.9 Å². The van der Waals surface area contributed by atoms with E-state index in [4.69, 9.17) is 9.47 Å². The van der Waals surface area contributed by atoms with Crippen LogP contribution in [0.5, 0.6) is 11.5 Å². The molecule has 7 nitrogen and oxygen atoms in total. The molecule has 3 amide bonds. The Kier molecular flexibility index (Phi) is 4.80. The molecule has 0 spiro atoms. The molecular weight excluding hydrogens is 428 g/mol. The molecule has 2 heterocycles. The monoisotopic (exact) mass is 444 g/mol. The van der Waals surface area contributed by atoms with E-state index in [1.165, 1.54) is 11.8 Å². The molecular formula is C20H17BrN2O5. The number of ether oxygens (including phenoxy) is 2. The summed E-state index contributed by atoms with van der Waals surface area (Å²) in [6.45, 7) is 1.75. The van der Waals surface area contributed by atoms with Crippen molar-refractivity contribution in [1.82, 2.24) is 4.90 Å². The molecule has 144 valence electrons. The van der Waals surface area contributed by atoms with E-state index in [0.717, 1.165) is 14.9 Å². The first kappa shape index (κ1) is 18.5. The van der Waals surface area contributed by atoms with Crippen molar-refractivity contribution in [2.45, 2.75) is 25.9 Å². The summed E-state index contributed by atoms with van der Waals surface area (Å²) in [7, 11) is 0. The molecule has 0 aliphatic carbocycles. The third kappa shape index (κ3) is 3.35. The highest BCUT2D eigenvalue weighted by Crippen LogP contribution is 2.34. The largest absolute Gasteiger partial charge is 0.454 e. The van der Waals surface area contributed by atoms with Gasteiger partial charge in [0.25, 0.3) is 5.91 Å². The van der Waals surface area contributed by atoms with Gasteiger partial charge < -0.3 is 14.4 Å². The summed E-state index contributed by atoms with van der Waals surface area (Å²) >= 11 is 3.34. The van der Waals surface area contributed by atoms with Gasteiger partial charge in [-0.3, -0.25) is 14.4 Å². The Morgan fingerprint density at radius 3 is 2.57 bits per heavy atom. The zero-order valence-electron chi connectivity index (χ0n) is 15.1. The molecule has 0 bridgehead atoms. The summed E-state index contributed by atoms with van der Waals surface area (Å²) in [5.41, 5.74) is 1.29. The van der Waals surface area contributed by atoms with Crippen LogP contribution in [0.2, 0.25) is 0 Å². The van der Waals surface area contributed by atoms with Crippen molar-refractivity contribution < 1.29 is 23.9 Å². The molecule has 1 saturated heterocycles. The smallest absolute Gasteiger partial charge is 0.257 e. The van der Waals surface area contributed by atoms with Gasteiger partial charge in [0.2, 0.25) is 18.6 Å². The van der Waals surface area contributed by atoms with E-state index < -0.39 is 11.9 Å². The third-order valence-electron chi connectivity index (χ3n) is 4.78. The van der Waals surface area contributed by atoms with Gasteiger partial charge in [-0.25, -0.2) is 4.90 Å². The highest BCUT2D eigenvalue weighted by Gasteiger charge is 2.43. The number of hydrogen-bond acceptors (Lipinski definition) is 5. The van der Waals surface area contributed by atoms with Crippen LogP contribution < -0.4 is 14.4 Å². The fraction of sp³-hybridized carbons (Fsp3) is 0.250. The van der Waals surface area contributed by atoms with Gasteiger partial charge in [0.05, 0.1) is 12.1 Å². The van der Waals surface area contributed by atoms with E-state index in [0.29, 0.717) is 17.2 Å². The molecule has 4 rings (SSSR count). The number of amides is 3. The topological polar surface area (TPSA) is 76.2 Å². The lowest BCUT2D eigenvalue weighted by atomic mass is 10.1. The van der Waals surface area contributed by atoms with Crippen LogP contribution in [0.25, 0.3) is 0 Å². The minimum absolute atomic E-state index is 0.0426. The summed E-state index contributed by atoms with van der Waals surface area (Å²) in [6.07, 6.45) is -0.0426. The van der Waals surface area contributed by atoms with Crippen molar-refractivity contribution in [2.75, 3.05) is 11.7 Å². The molecule has 0 radical (unpaired) electrons. The number of benzene rings is 2. The van der Waals surface area contributed by atoms with Crippen LogP contribution in [0.3, 0.4) is 0 Å². The van der Waals surface area contributed by atoms with Gasteiger partial charge >= 0.3 is 0 Å². The maximum atomic E-state index is 13.0. The van der Waals surface area contributed by atoms with E-state index in [9.17, 15) is 14.4 Å². The first-order chi connectivity index (χ1) is 13.4. The lowest BCUT2D eigenvalue weighted by Gasteiger charge is -2.26. The van der Waals surface area contributed by atoms with Crippen molar-refractivity contribution in [1.29, 1.82) is 0 Å². The second-order valence-corrected chi connectivity index (χ2v) is 7.51. The molecule has 0 unspecified atom stereocenters. The molecule has 2 aliphatic heterocycles. The minimum Gasteiger partial charge on any atom is -0.454 e. The molecule has 2 aromatic rings. The number of fused-ring (bicyclic) bond motifs is 1. The van der Waals surface area contributed by atoms with Crippen molar-refractivity contribution in [3.05, 3.63) is 52.5 Å². The van der Waals surface area contributed by atoms with Gasteiger partial charge in [0.15, 0.2) is 11.5 Å². The molecule has 28 heavy (non-hydrogen) atoms. The van der Waals surface area contributed by atoms with E-state index in [1.807, 2.05) is 6.07 Å². The molecule has 0 N–H and O–H groups in total. The minimum atomic E-state index is -0.834. The van der Waals surface area contributed by atoms with Crippen LogP contribution in [0.4, 0.5) is 5.69 Å². The Labute approximate surface area is 169 Å². The zero-order chi connectivity index (χ0) is 19.8. The SMILES string of the molecule is CC(=O)N(Cc1ccc2c(c1)OCO2)[C@H]1CC(=O)N(c2ccc(Br)cc2)C1=O. The molecule has 1 fully saturated rings. The molecule has 8 heteroatoms. The summed E-state index contributed by atoms with van der Waals surface area (Å²) in [6, 6.07) is 11.4. The molecule has 2 aliphatic rings. The molecule has 2 aromatic carbocycles. The first-order valence-electron chi connectivity index (χ1n) is 8.72. The Balaban J connectivity index is 1.58. The average molecular weight is 445 g/mol. The quantitative estimate of drug-likeness (QED) is 0.677. The Morgan fingerprint density at radius 2 is 1.86 bits per heavy atom. The standard InChI is InChI=1S/C20H17BrN2O5/c1-12(24)22(10-13-2-7-17-18(8-13)28-11-27-17)16-9-19(25)23(20(16)26)15-5-3-14(21)4-6-15/h2-8,16H,9-11H2,1H3/t16-/m0/s1. The van der Waals surface area contributed by atoms with E-state index >= 15 is 0 Å². The number of halogens is 1. The van der Waals surface area contributed by atoms with Gasteiger partial charge in [-0.05, 0) is 42.0 Å². The average Bonchev–Trinajstić information content (AvgIpc) is 3.24. The van der Waals surface area contributed by atoms with Gasteiger partial charge in [0, 0.05) is 17.9 Å². The molecule has 0 saturated carbocycles. The van der Waals surface area contributed by atoms with Crippen molar-refractivity contribution >= 4 is 39.3 Å². The molecule has 1 atom stereocenters. The number of rotatable bonds is 4. The first-order valence-corrected chi connectivity index (χ1v) is 9.51. The number of nitrogens with zero attached hydrogens (tertiary/aromatic N) is 2. The van der Waals surface area contributed by atoms with E-state index in [1.54, 1.807) is 36.4 Å². The van der Waals surface area contributed by atoms with Gasteiger partial charge in [-0.2, -0.15) is 0 Å². The number of carbonyl (C=O) groups excluding carboxylic acids is 3. The lowest BCUT2D eigenvalue weighted by Crippen LogP contribution is -2.44. The van der Waals surface area contributed by atoms with Crippen LogP contribution in [0, 0.1) is 0 Å². The van der Waals surface area contributed by atoms with Gasteiger partial charge in [-0.1, -0.05) is 22.0 Å². The number of imide groups is 1. The van der Waals surface area contributed by atoms with Crippen LogP contribution in [-0.2, 0) is 20.9 Å². The highest BCUT2D eigenvalue weighted by atomic mass is 79.9. The number of carbonyl (C=O) groups is 3. The Hall–Kier alpha value is -2.87. The Bertz CT molecular complexity index is 960. The predicted molar refractivity (Wildman–Crippen MR) is 104 cm³/mol. The second-order valence-electron chi connectivity index (χ2n) is 6.60. The molecule has 0 aromatic heterocycles. The Morgan fingerprint density at radius 1 is 1.14 bits per heavy atom. The number of hydrogen-bond donors (Lipinski definition) is 0. The van der Waals surface area contributed by atoms with Crippen LogP contribution in [-0.4, -0.2) is 35.5 Å². The van der Waals surface area contributed by atoms with Crippen molar-refractivity contribution in [2.24, 2.45) is 0 Å². The maximum Gasteiger partial charge on any atom is 0.257 e. The van der Waals surface area contributed by atoms with Gasteiger partial charge in [-0.15, -0.1) is 0 Å². The van der Waals surface area contributed by atoms with Crippen molar-refractivity contribution in [3.63, 3.8) is 0 Å². The highest BCUT2D eigenvalue weighted by molar-refractivity contribution is 9.10. The number of anilines is 1.